The molecule has 2 N–H and O–H groups in total. The molecule has 2 aromatic heterocycles. The van der Waals surface area contributed by atoms with Crippen molar-refractivity contribution in [2.24, 2.45) is 5.10 Å². The van der Waals surface area contributed by atoms with Gasteiger partial charge in [-0.1, -0.05) is 6.07 Å². The fraction of sp³-hybridized carbons (Fsp3) is 0.292. The Hall–Kier alpha value is -3.86. The summed E-state index contributed by atoms with van der Waals surface area (Å²) in [5.74, 6) is -1.90. The van der Waals surface area contributed by atoms with E-state index in [9.17, 15) is 14.7 Å². The van der Waals surface area contributed by atoms with Crippen molar-refractivity contribution < 1.29 is 14.3 Å². The van der Waals surface area contributed by atoms with Crippen molar-refractivity contribution in [3.05, 3.63) is 70.0 Å². The molecule has 0 bridgehead atoms. The maximum absolute atomic E-state index is 15.1. The van der Waals surface area contributed by atoms with Crippen molar-refractivity contribution in [1.29, 1.82) is 0 Å². The van der Waals surface area contributed by atoms with Crippen LogP contribution < -0.4 is 15.8 Å². The van der Waals surface area contributed by atoms with Crippen LogP contribution >= 0.6 is 12.2 Å². The van der Waals surface area contributed by atoms with E-state index in [4.69, 9.17) is 12.2 Å². The topological polar surface area (TPSA) is 103 Å². The van der Waals surface area contributed by atoms with Crippen LogP contribution in [0.4, 0.5) is 10.1 Å². The lowest BCUT2D eigenvalue weighted by atomic mass is 10.1. The molecule has 1 aromatic carbocycles. The number of pyridine rings is 2. The number of anilines is 1. The summed E-state index contributed by atoms with van der Waals surface area (Å²) in [6.45, 7) is 6.25. The summed E-state index contributed by atoms with van der Waals surface area (Å²) in [6.07, 6.45) is 3.01. The predicted molar refractivity (Wildman–Crippen MR) is 137 cm³/mol. The van der Waals surface area contributed by atoms with Gasteiger partial charge in [0.05, 0.1) is 22.6 Å². The monoisotopic (exact) mass is 496 g/mol. The average Bonchev–Trinajstić information content (AvgIpc) is 2.87. The lowest BCUT2D eigenvalue weighted by Gasteiger charge is -2.37. The van der Waals surface area contributed by atoms with E-state index >= 15 is 4.39 Å². The van der Waals surface area contributed by atoms with Gasteiger partial charge in [0.2, 0.25) is 5.43 Å². The van der Waals surface area contributed by atoms with E-state index < -0.39 is 17.2 Å². The second-order valence-electron chi connectivity index (χ2n) is 8.09. The molecule has 1 aliphatic rings. The first-order valence-electron chi connectivity index (χ1n) is 11.2. The fourth-order valence-electron chi connectivity index (χ4n) is 4.04. The van der Waals surface area contributed by atoms with Crippen molar-refractivity contribution in [2.75, 3.05) is 31.1 Å². The van der Waals surface area contributed by atoms with Crippen LogP contribution in [0.25, 0.3) is 10.9 Å². The zero-order chi connectivity index (χ0) is 25.1. The number of piperazine rings is 1. The average molecular weight is 497 g/mol. The van der Waals surface area contributed by atoms with E-state index in [0.29, 0.717) is 54.8 Å². The lowest BCUT2D eigenvalue weighted by Crippen LogP contribution is -2.51. The number of nitrogens with zero attached hydrogens (tertiary/aromatic N) is 5. The van der Waals surface area contributed by atoms with Crippen molar-refractivity contribution >= 4 is 45.6 Å². The molecular formula is C24H25FN6O3S. The number of hydrogen-bond donors (Lipinski definition) is 2. The van der Waals surface area contributed by atoms with Crippen LogP contribution in [0.3, 0.4) is 0 Å². The van der Waals surface area contributed by atoms with Gasteiger partial charge >= 0.3 is 5.97 Å². The fourth-order valence-corrected chi connectivity index (χ4v) is 4.27. The smallest absolute Gasteiger partial charge is 0.341 e. The SMILES string of the molecule is CCn1cc(C(=O)O)c(=O)c2cc(F)c(N3CCN(C(=S)N/N=C(/C)c4ccccn4)CC3)cc21. The Labute approximate surface area is 206 Å². The molecule has 1 saturated heterocycles. The van der Waals surface area contributed by atoms with Crippen molar-refractivity contribution in [1.82, 2.24) is 19.9 Å². The molecule has 0 saturated carbocycles. The third-order valence-corrected chi connectivity index (χ3v) is 6.33. The van der Waals surface area contributed by atoms with Gasteiger partial charge in [0.25, 0.3) is 0 Å². The molecule has 4 rings (SSSR count). The Kier molecular flexibility index (Phi) is 7.06. The molecule has 9 nitrogen and oxygen atoms in total. The van der Waals surface area contributed by atoms with E-state index in [2.05, 4.69) is 15.5 Å². The number of fused-ring (bicyclic) bond motifs is 1. The van der Waals surface area contributed by atoms with Crippen molar-refractivity contribution in [3.8, 4) is 0 Å². The number of nitrogens with one attached hydrogen (secondary N) is 1. The van der Waals surface area contributed by atoms with Gasteiger partial charge in [0.1, 0.15) is 11.4 Å². The van der Waals surface area contributed by atoms with Crippen LogP contribution in [-0.4, -0.2) is 62.5 Å². The highest BCUT2D eigenvalue weighted by Gasteiger charge is 2.23. The van der Waals surface area contributed by atoms with Gasteiger partial charge in [-0.3, -0.25) is 15.2 Å². The largest absolute Gasteiger partial charge is 0.477 e. The van der Waals surface area contributed by atoms with Crippen molar-refractivity contribution in [3.63, 3.8) is 0 Å². The van der Waals surface area contributed by atoms with E-state index in [-0.39, 0.29) is 10.9 Å². The highest BCUT2D eigenvalue weighted by atomic mass is 32.1. The summed E-state index contributed by atoms with van der Waals surface area (Å²) in [4.78, 5) is 32.1. The van der Waals surface area contributed by atoms with E-state index in [1.807, 2.05) is 41.8 Å². The Morgan fingerprint density at radius 2 is 2.00 bits per heavy atom. The predicted octanol–water partition coefficient (Wildman–Crippen LogP) is 2.67. The number of hydrazone groups is 1. The van der Waals surface area contributed by atoms with E-state index in [1.165, 1.54) is 6.20 Å². The van der Waals surface area contributed by atoms with Crippen LogP contribution in [-0.2, 0) is 6.54 Å². The molecule has 0 amide bonds. The molecule has 1 fully saturated rings. The minimum Gasteiger partial charge on any atom is -0.477 e. The second-order valence-corrected chi connectivity index (χ2v) is 8.47. The molecule has 0 spiro atoms. The Balaban J connectivity index is 1.49. The normalized spacial score (nSPS) is 14.3. The molecule has 182 valence electrons. The summed E-state index contributed by atoms with van der Waals surface area (Å²) >= 11 is 5.48. The maximum Gasteiger partial charge on any atom is 0.341 e. The number of aromatic nitrogens is 2. The zero-order valence-electron chi connectivity index (χ0n) is 19.4. The van der Waals surface area contributed by atoms with Gasteiger partial charge in [-0.15, -0.1) is 0 Å². The molecule has 0 radical (unpaired) electrons. The van der Waals surface area contributed by atoms with Crippen LogP contribution in [0.1, 0.15) is 29.9 Å². The molecule has 3 heterocycles. The molecular weight excluding hydrogens is 471 g/mol. The van der Waals surface area contributed by atoms with Gasteiger partial charge in [-0.2, -0.15) is 5.10 Å². The molecule has 35 heavy (non-hydrogen) atoms. The first kappa shape index (κ1) is 24.3. The number of thiocarbonyl (C=S) groups is 1. The first-order valence-corrected chi connectivity index (χ1v) is 11.6. The van der Waals surface area contributed by atoms with E-state index in [0.717, 1.165) is 11.8 Å². The van der Waals surface area contributed by atoms with Crippen LogP contribution in [0.2, 0.25) is 0 Å². The van der Waals surface area contributed by atoms with Crippen LogP contribution in [0, 0.1) is 5.82 Å². The summed E-state index contributed by atoms with van der Waals surface area (Å²) in [5, 5.41) is 14.2. The third kappa shape index (κ3) is 4.99. The Bertz CT molecular complexity index is 1370. The first-order chi connectivity index (χ1) is 16.8. The summed E-state index contributed by atoms with van der Waals surface area (Å²) < 4.78 is 16.7. The second kappa shape index (κ2) is 10.2. The number of carboxylic acids is 1. The summed E-state index contributed by atoms with van der Waals surface area (Å²) in [6, 6.07) is 8.34. The summed E-state index contributed by atoms with van der Waals surface area (Å²) in [5.41, 5.74) is 4.16. The number of rotatable bonds is 5. The third-order valence-electron chi connectivity index (χ3n) is 5.98. The Morgan fingerprint density at radius 1 is 1.26 bits per heavy atom. The highest BCUT2D eigenvalue weighted by molar-refractivity contribution is 7.80. The number of aromatic carboxylic acids is 1. The molecule has 1 aliphatic heterocycles. The Morgan fingerprint density at radius 3 is 2.63 bits per heavy atom. The minimum absolute atomic E-state index is 0.0538. The van der Waals surface area contributed by atoms with E-state index in [1.54, 1.807) is 16.8 Å². The molecule has 0 aliphatic carbocycles. The lowest BCUT2D eigenvalue weighted by molar-refractivity contribution is 0.0695. The number of carbonyl (C=O) groups is 1. The highest BCUT2D eigenvalue weighted by Crippen LogP contribution is 2.26. The quantitative estimate of drug-likeness (QED) is 0.316. The number of carboxylic acid groups (broad SMARTS) is 1. The minimum atomic E-state index is -1.33. The number of benzene rings is 1. The van der Waals surface area contributed by atoms with Gasteiger partial charge < -0.3 is 19.5 Å². The van der Waals surface area contributed by atoms with Crippen molar-refractivity contribution in [2.45, 2.75) is 20.4 Å². The van der Waals surface area contributed by atoms with Gasteiger partial charge in [-0.05, 0) is 50.3 Å². The van der Waals surface area contributed by atoms with Crippen LogP contribution in [0.15, 0.2) is 52.6 Å². The number of hydrogen-bond acceptors (Lipinski definition) is 6. The number of aryl methyl sites for hydroxylation is 1. The van der Waals surface area contributed by atoms with Crippen LogP contribution in [0.5, 0.6) is 0 Å². The summed E-state index contributed by atoms with van der Waals surface area (Å²) in [7, 11) is 0. The number of halogens is 1. The van der Waals surface area contributed by atoms with Gasteiger partial charge in [-0.25, -0.2) is 9.18 Å². The molecule has 11 heteroatoms. The van der Waals surface area contributed by atoms with Gasteiger partial charge in [0, 0.05) is 50.5 Å². The maximum atomic E-state index is 15.1. The molecule has 0 atom stereocenters. The van der Waals surface area contributed by atoms with Gasteiger partial charge in [0.15, 0.2) is 5.11 Å². The molecule has 0 unspecified atom stereocenters. The zero-order valence-corrected chi connectivity index (χ0v) is 20.2. The molecule has 3 aromatic rings. The standard InChI is InChI=1S/C24H25FN6O3S/c1-3-29-14-17(23(33)34)22(32)16-12-18(25)21(13-20(16)29)30-8-10-31(11-9-30)24(35)28-27-15(2)19-6-4-5-7-26-19/h4-7,12-14H,3,8-11H2,1-2H3,(H,28,35)(H,33,34)/b27-15-.